The van der Waals surface area contributed by atoms with Gasteiger partial charge in [-0.1, -0.05) is 37.3 Å². The molecule has 2 aliphatic rings. The van der Waals surface area contributed by atoms with Crippen molar-refractivity contribution in [1.29, 1.82) is 0 Å². The van der Waals surface area contributed by atoms with E-state index < -0.39 is 0 Å². The zero-order chi connectivity index (χ0) is 19.8. The number of hydrogen-bond donors (Lipinski definition) is 1. The van der Waals surface area contributed by atoms with Crippen molar-refractivity contribution in [3.8, 4) is 0 Å². The Balaban J connectivity index is 1.33. The first kappa shape index (κ1) is 20.8. The minimum absolute atomic E-state index is 0.0279. The lowest BCUT2D eigenvalue weighted by Crippen LogP contribution is -2.48. The van der Waals surface area contributed by atoms with Crippen molar-refractivity contribution in [1.82, 2.24) is 20.0 Å². The zero-order valence-corrected chi connectivity index (χ0v) is 17.1. The molecule has 0 aromatic heterocycles. The summed E-state index contributed by atoms with van der Waals surface area (Å²) in [6.45, 7) is 10.6. The first-order valence-electron chi connectivity index (χ1n) is 10.7. The van der Waals surface area contributed by atoms with Gasteiger partial charge in [0.2, 0.25) is 11.8 Å². The largest absolute Gasteiger partial charge is 0.355 e. The number of hydrogen-bond acceptors (Lipinski definition) is 4. The van der Waals surface area contributed by atoms with E-state index in [0.717, 1.165) is 39.1 Å². The van der Waals surface area contributed by atoms with E-state index in [9.17, 15) is 9.59 Å². The van der Waals surface area contributed by atoms with E-state index in [1.807, 2.05) is 23.1 Å². The Hall–Kier alpha value is -1.92. The van der Waals surface area contributed by atoms with Crippen LogP contribution < -0.4 is 5.32 Å². The maximum Gasteiger partial charge on any atom is 0.225 e. The Morgan fingerprint density at radius 2 is 1.71 bits per heavy atom. The maximum atomic E-state index is 12.5. The topological polar surface area (TPSA) is 55.9 Å². The minimum Gasteiger partial charge on any atom is -0.355 e. The molecule has 3 rings (SSSR count). The molecule has 2 saturated heterocycles. The summed E-state index contributed by atoms with van der Waals surface area (Å²) in [4.78, 5) is 31.5. The van der Waals surface area contributed by atoms with Gasteiger partial charge in [-0.15, -0.1) is 0 Å². The Bertz CT molecular complexity index is 629. The molecule has 1 N–H and O–H groups in total. The van der Waals surface area contributed by atoms with Gasteiger partial charge in [0.1, 0.15) is 0 Å². The third-order valence-electron chi connectivity index (χ3n) is 5.83. The lowest BCUT2D eigenvalue weighted by molar-refractivity contribution is -0.129. The van der Waals surface area contributed by atoms with Gasteiger partial charge in [0.05, 0.1) is 5.92 Å². The number of piperazine rings is 1. The summed E-state index contributed by atoms with van der Waals surface area (Å²) >= 11 is 0. The van der Waals surface area contributed by atoms with Gasteiger partial charge in [0, 0.05) is 58.8 Å². The molecule has 28 heavy (non-hydrogen) atoms. The van der Waals surface area contributed by atoms with E-state index in [4.69, 9.17) is 0 Å². The molecule has 0 bridgehead atoms. The first-order chi connectivity index (χ1) is 13.7. The van der Waals surface area contributed by atoms with Crippen LogP contribution in [0.5, 0.6) is 0 Å². The highest BCUT2D eigenvalue weighted by Crippen LogP contribution is 2.18. The molecule has 0 aliphatic carbocycles. The van der Waals surface area contributed by atoms with Crippen LogP contribution in [0, 0.1) is 5.92 Å². The summed E-state index contributed by atoms with van der Waals surface area (Å²) in [6.07, 6.45) is 2.39. The normalized spacial score (nSPS) is 21.2. The van der Waals surface area contributed by atoms with E-state index in [-0.39, 0.29) is 17.7 Å². The monoisotopic (exact) mass is 386 g/mol. The number of likely N-dealkylation sites (tertiary alicyclic amines) is 1. The SMILES string of the molecule is CCCN1CCN(CCNC(=O)C2CC(=O)N(CCc3ccccc3)C2)CC1. The molecule has 1 atom stereocenters. The molecule has 6 nitrogen and oxygen atoms in total. The summed E-state index contributed by atoms with van der Waals surface area (Å²) in [5, 5.41) is 3.05. The molecule has 0 spiro atoms. The number of carbonyl (C=O) groups is 2. The van der Waals surface area contributed by atoms with E-state index in [1.54, 1.807) is 0 Å². The number of amides is 2. The predicted octanol–water partition coefficient (Wildman–Crippen LogP) is 1.22. The van der Waals surface area contributed by atoms with Crippen molar-refractivity contribution < 1.29 is 9.59 Å². The molecule has 6 heteroatoms. The fourth-order valence-electron chi connectivity index (χ4n) is 4.11. The van der Waals surface area contributed by atoms with E-state index in [2.05, 4.69) is 34.2 Å². The third-order valence-corrected chi connectivity index (χ3v) is 5.83. The van der Waals surface area contributed by atoms with Gasteiger partial charge in [-0.2, -0.15) is 0 Å². The highest BCUT2D eigenvalue weighted by Gasteiger charge is 2.33. The minimum atomic E-state index is -0.204. The van der Waals surface area contributed by atoms with Crippen LogP contribution in [0.4, 0.5) is 0 Å². The smallest absolute Gasteiger partial charge is 0.225 e. The molecular formula is C22H34N4O2. The molecule has 2 amide bonds. The van der Waals surface area contributed by atoms with Gasteiger partial charge in [-0.05, 0) is 24.9 Å². The molecule has 1 unspecified atom stereocenters. The van der Waals surface area contributed by atoms with Gasteiger partial charge in [0.15, 0.2) is 0 Å². The van der Waals surface area contributed by atoms with E-state index in [1.165, 1.54) is 18.5 Å². The molecule has 1 aromatic carbocycles. The second-order valence-corrected chi connectivity index (χ2v) is 7.95. The number of nitrogens with one attached hydrogen (secondary N) is 1. The molecule has 2 aliphatic heterocycles. The molecular weight excluding hydrogens is 352 g/mol. The average molecular weight is 387 g/mol. The maximum absolute atomic E-state index is 12.5. The van der Waals surface area contributed by atoms with Crippen LogP contribution in [0.25, 0.3) is 0 Å². The van der Waals surface area contributed by atoms with Crippen molar-refractivity contribution in [2.45, 2.75) is 26.2 Å². The van der Waals surface area contributed by atoms with Gasteiger partial charge < -0.3 is 15.1 Å². The summed E-state index contributed by atoms with van der Waals surface area (Å²) < 4.78 is 0. The number of nitrogens with zero attached hydrogens (tertiary/aromatic N) is 3. The quantitative estimate of drug-likeness (QED) is 0.693. The molecule has 1 aromatic rings. The fourth-order valence-corrected chi connectivity index (χ4v) is 4.11. The predicted molar refractivity (Wildman–Crippen MR) is 111 cm³/mol. The van der Waals surface area contributed by atoms with Crippen LogP contribution in [0.3, 0.4) is 0 Å². The van der Waals surface area contributed by atoms with Gasteiger partial charge in [-0.3, -0.25) is 14.5 Å². The van der Waals surface area contributed by atoms with Crippen LogP contribution in [0.1, 0.15) is 25.3 Å². The standard InChI is InChI=1S/C22H34N4O2/c1-2-10-24-13-15-25(16-14-24)12-9-23-22(28)20-17-21(27)26(18-20)11-8-19-6-4-3-5-7-19/h3-7,20H,2,8-18H2,1H3,(H,23,28). The molecule has 0 saturated carbocycles. The Morgan fingerprint density at radius 1 is 1.04 bits per heavy atom. The third kappa shape index (κ3) is 6.04. The van der Waals surface area contributed by atoms with Crippen LogP contribution in [0.15, 0.2) is 30.3 Å². The van der Waals surface area contributed by atoms with Crippen LogP contribution in [0.2, 0.25) is 0 Å². The fraction of sp³-hybridized carbons (Fsp3) is 0.636. The summed E-state index contributed by atoms with van der Waals surface area (Å²) in [7, 11) is 0. The number of rotatable bonds is 9. The number of benzene rings is 1. The van der Waals surface area contributed by atoms with Crippen LogP contribution in [-0.2, 0) is 16.0 Å². The zero-order valence-electron chi connectivity index (χ0n) is 17.1. The van der Waals surface area contributed by atoms with Crippen molar-refractivity contribution in [3.63, 3.8) is 0 Å². The average Bonchev–Trinajstić information content (AvgIpc) is 3.09. The van der Waals surface area contributed by atoms with E-state index >= 15 is 0 Å². The van der Waals surface area contributed by atoms with Crippen molar-refractivity contribution in [2.24, 2.45) is 5.92 Å². The van der Waals surface area contributed by atoms with Crippen molar-refractivity contribution in [2.75, 3.05) is 58.9 Å². The highest BCUT2D eigenvalue weighted by atomic mass is 16.2. The summed E-state index contributed by atoms with van der Waals surface area (Å²) in [5.41, 5.74) is 1.22. The van der Waals surface area contributed by atoms with Gasteiger partial charge >= 0.3 is 0 Å². The Kier molecular flexibility index (Phi) is 7.86. The molecule has 0 radical (unpaired) electrons. The van der Waals surface area contributed by atoms with Crippen molar-refractivity contribution >= 4 is 11.8 Å². The second-order valence-electron chi connectivity index (χ2n) is 7.95. The first-order valence-corrected chi connectivity index (χ1v) is 10.7. The van der Waals surface area contributed by atoms with E-state index in [0.29, 0.717) is 26.1 Å². The van der Waals surface area contributed by atoms with Gasteiger partial charge in [0.25, 0.3) is 0 Å². The van der Waals surface area contributed by atoms with Gasteiger partial charge in [-0.25, -0.2) is 0 Å². The lowest BCUT2D eigenvalue weighted by Gasteiger charge is -2.34. The lowest BCUT2D eigenvalue weighted by atomic mass is 10.1. The van der Waals surface area contributed by atoms with Crippen molar-refractivity contribution in [3.05, 3.63) is 35.9 Å². The molecule has 154 valence electrons. The van der Waals surface area contributed by atoms with Crippen LogP contribution >= 0.6 is 0 Å². The molecule has 2 heterocycles. The second kappa shape index (κ2) is 10.6. The Morgan fingerprint density at radius 3 is 2.39 bits per heavy atom. The molecule has 2 fully saturated rings. The highest BCUT2D eigenvalue weighted by molar-refractivity contribution is 5.89. The summed E-state index contributed by atoms with van der Waals surface area (Å²) in [5.74, 6) is -0.0759. The van der Waals surface area contributed by atoms with Crippen LogP contribution in [-0.4, -0.2) is 85.4 Å². The summed E-state index contributed by atoms with van der Waals surface area (Å²) in [6, 6.07) is 10.2. The number of carbonyl (C=O) groups excluding carboxylic acids is 2. The Labute approximate surface area is 168 Å².